The lowest BCUT2D eigenvalue weighted by Gasteiger charge is -2.17. The number of carbonyl (C=O) groups is 1. The van der Waals surface area contributed by atoms with Gasteiger partial charge in [0.1, 0.15) is 5.56 Å². The van der Waals surface area contributed by atoms with E-state index >= 15 is 0 Å². The molecule has 0 aliphatic rings. The van der Waals surface area contributed by atoms with Gasteiger partial charge < -0.3 is 4.74 Å². The molecule has 0 amide bonds. The van der Waals surface area contributed by atoms with E-state index in [1.807, 2.05) is 31.2 Å². The van der Waals surface area contributed by atoms with Gasteiger partial charge in [0.2, 0.25) is 0 Å². The highest BCUT2D eigenvalue weighted by molar-refractivity contribution is 6.30. The first-order valence-electron chi connectivity index (χ1n) is 8.26. The molecule has 128 valence electrons. The van der Waals surface area contributed by atoms with Crippen molar-refractivity contribution in [2.75, 3.05) is 7.11 Å². The largest absolute Gasteiger partial charge is 0.465 e. The van der Waals surface area contributed by atoms with Gasteiger partial charge in [-0.3, -0.25) is 0 Å². The molecule has 1 aromatic heterocycles. The van der Waals surface area contributed by atoms with E-state index in [0.717, 1.165) is 29.8 Å². The van der Waals surface area contributed by atoms with Crippen LogP contribution in [0.1, 0.15) is 61.3 Å². The van der Waals surface area contributed by atoms with Gasteiger partial charge in [0.25, 0.3) is 0 Å². The van der Waals surface area contributed by atoms with Crippen LogP contribution in [0.5, 0.6) is 0 Å². The van der Waals surface area contributed by atoms with Crippen LogP contribution >= 0.6 is 11.6 Å². The normalized spacial score (nSPS) is 12.0. The Morgan fingerprint density at radius 2 is 1.88 bits per heavy atom. The van der Waals surface area contributed by atoms with E-state index in [2.05, 4.69) is 18.8 Å². The number of aryl methyl sites for hydroxylation is 1. The second kappa shape index (κ2) is 8.25. The van der Waals surface area contributed by atoms with Crippen LogP contribution in [0.25, 0.3) is 11.4 Å². The summed E-state index contributed by atoms with van der Waals surface area (Å²) in [4.78, 5) is 21.6. The summed E-state index contributed by atoms with van der Waals surface area (Å²) in [6, 6.07) is 7.41. The molecule has 0 aliphatic carbocycles. The number of carbonyl (C=O) groups excluding carboxylic acids is 1. The molecular weight excluding hydrogens is 324 g/mol. The minimum atomic E-state index is -0.368. The first kappa shape index (κ1) is 18.4. The molecule has 0 spiro atoms. The summed E-state index contributed by atoms with van der Waals surface area (Å²) in [7, 11) is 1.39. The number of aromatic nitrogens is 2. The highest BCUT2D eigenvalue weighted by Gasteiger charge is 2.24. The highest BCUT2D eigenvalue weighted by atomic mass is 35.5. The summed E-state index contributed by atoms with van der Waals surface area (Å²) >= 11 is 5.96. The summed E-state index contributed by atoms with van der Waals surface area (Å²) in [6.45, 7) is 6.19. The molecule has 0 N–H and O–H groups in total. The molecule has 0 saturated carbocycles. The molecule has 0 aliphatic heterocycles. The number of nitrogens with zero attached hydrogens (tertiary/aromatic N) is 2. The number of rotatable bonds is 6. The molecule has 1 heterocycles. The van der Waals surface area contributed by atoms with E-state index in [4.69, 9.17) is 21.3 Å². The van der Waals surface area contributed by atoms with E-state index in [1.54, 1.807) is 0 Å². The van der Waals surface area contributed by atoms with Crippen molar-refractivity contribution >= 4 is 17.6 Å². The zero-order valence-corrected chi connectivity index (χ0v) is 15.4. The van der Waals surface area contributed by atoms with Crippen molar-refractivity contribution in [2.45, 2.75) is 46.0 Å². The molecular formula is C19H23ClN2O2. The van der Waals surface area contributed by atoms with E-state index in [-0.39, 0.29) is 11.9 Å². The molecule has 1 unspecified atom stereocenters. The topological polar surface area (TPSA) is 52.1 Å². The van der Waals surface area contributed by atoms with Crippen molar-refractivity contribution in [3.63, 3.8) is 0 Å². The van der Waals surface area contributed by atoms with E-state index in [1.165, 1.54) is 7.11 Å². The van der Waals surface area contributed by atoms with Crippen molar-refractivity contribution in [1.29, 1.82) is 0 Å². The van der Waals surface area contributed by atoms with E-state index in [9.17, 15) is 4.79 Å². The summed E-state index contributed by atoms with van der Waals surface area (Å²) in [6.07, 6.45) is 2.60. The van der Waals surface area contributed by atoms with Crippen LogP contribution in [-0.2, 0) is 11.2 Å². The minimum Gasteiger partial charge on any atom is -0.465 e. The van der Waals surface area contributed by atoms with Gasteiger partial charge in [0.15, 0.2) is 5.82 Å². The Hall–Kier alpha value is -1.94. The Kier molecular flexibility index (Phi) is 6.32. The average molecular weight is 347 g/mol. The van der Waals surface area contributed by atoms with Crippen molar-refractivity contribution in [3.8, 4) is 11.4 Å². The van der Waals surface area contributed by atoms with Gasteiger partial charge in [-0.05, 0) is 43.0 Å². The maximum atomic E-state index is 12.3. The Morgan fingerprint density at radius 1 is 1.21 bits per heavy atom. The number of benzene rings is 1. The summed E-state index contributed by atoms with van der Waals surface area (Å²) in [5, 5.41) is 0.667. The quantitative estimate of drug-likeness (QED) is 0.687. The fourth-order valence-corrected chi connectivity index (χ4v) is 2.89. The Balaban J connectivity index is 2.65. The zero-order valence-electron chi connectivity index (χ0n) is 14.6. The summed E-state index contributed by atoms with van der Waals surface area (Å²) in [5.74, 6) is 0.407. The first-order valence-corrected chi connectivity index (χ1v) is 8.64. The molecule has 0 saturated heterocycles. The summed E-state index contributed by atoms with van der Waals surface area (Å²) in [5.41, 5.74) is 2.88. The molecule has 0 bridgehead atoms. The fraction of sp³-hybridized carbons (Fsp3) is 0.421. The fourth-order valence-electron chi connectivity index (χ4n) is 2.76. The minimum absolute atomic E-state index is 0.156. The lowest BCUT2D eigenvalue weighted by molar-refractivity contribution is 0.0596. The van der Waals surface area contributed by atoms with Crippen LogP contribution in [0.3, 0.4) is 0 Å². The lowest BCUT2D eigenvalue weighted by atomic mass is 9.95. The van der Waals surface area contributed by atoms with Crippen molar-refractivity contribution in [2.24, 2.45) is 0 Å². The maximum Gasteiger partial charge on any atom is 0.341 e. The third-order valence-corrected chi connectivity index (χ3v) is 4.28. The third kappa shape index (κ3) is 3.93. The third-order valence-electron chi connectivity index (χ3n) is 4.03. The molecule has 0 fully saturated rings. The number of methoxy groups -OCH3 is 1. The van der Waals surface area contributed by atoms with Crippen molar-refractivity contribution in [3.05, 3.63) is 46.2 Å². The van der Waals surface area contributed by atoms with Gasteiger partial charge in [-0.25, -0.2) is 14.8 Å². The monoisotopic (exact) mass is 346 g/mol. The molecule has 2 aromatic rings. The molecule has 5 heteroatoms. The van der Waals surface area contributed by atoms with Crippen LogP contribution in [0.15, 0.2) is 24.3 Å². The maximum absolute atomic E-state index is 12.3. The van der Waals surface area contributed by atoms with Crippen LogP contribution in [-0.4, -0.2) is 23.0 Å². The highest BCUT2D eigenvalue weighted by Crippen LogP contribution is 2.28. The van der Waals surface area contributed by atoms with Gasteiger partial charge in [-0.2, -0.15) is 0 Å². The van der Waals surface area contributed by atoms with Crippen LogP contribution in [0, 0.1) is 0 Å². The average Bonchev–Trinajstić information content (AvgIpc) is 2.60. The predicted molar refractivity (Wildman–Crippen MR) is 96.5 cm³/mol. The van der Waals surface area contributed by atoms with Gasteiger partial charge in [0, 0.05) is 10.6 Å². The van der Waals surface area contributed by atoms with Crippen LogP contribution in [0.2, 0.25) is 5.02 Å². The van der Waals surface area contributed by atoms with Crippen molar-refractivity contribution in [1.82, 2.24) is 9.97 Å². The van der Waals surface area contributed by atoms with Crippen LogP contribution in [0.4, 0.5) is 0 Å². The number of esters is 1. The SMILES string of the molecule is CCCC(C)c1nc(-c2ccc(Cl)cc2)nc(CC)c1C(=O)OC. The second-order valence-electron chi connectivity index (χ2n) is 5.80. The van der Waals surface area contributed by atoms with E-state index in [0.29, 0.717) is 22.8 Å². The number of hydrogen-bond donors (Lipinski definition) is 0. The molecule has 0 radical (unpaired) electrons. The lowest BCUT2D eigenvalue weighted by Crippen LogP contribution is -2.16. The van der Waals surface area contributed by atoms with Gasteiger partial charge in [-0.1, -0.05) is 38.8 Å². The predicted octanol–water partition coefficient (Wildman–Crippen LogP) is 5.05. The van der Waals surface area contributed by atoms with Gasteiger partial charge >= 0.3 is 5.97 Å². The van der Waals surface area contributed by atoms with E-state index < -0.39 is 0 Å². The number of ether oxygens (including phenoxy) is 1. The Morgan fingerprint density at radius 3 is 2.42 bits per heavy atom. The first-order chi connectivity index (χ1) is 11.5. The van der Waals surface area contributed by atoms with Crippen molar-refractivity contribution < 1.29 is 9.53 Å². The molecule has 1 aromatic carbocycles. The molecule has 1 atom stereocenters. The van der Waals surface area contributed by atoms with Gasteiger partial charge in [-0.15, -0.1) is 0 Å². The molecule has 2 rings (SSSR count). The number of hydrogen-bond acceptors (Lipinski definition) is 4. The second-order valence-corrected chi connectivity index (χ2v) is 6.23. The Bertz CT molecular complexity index is 714. The standard InChI is InChI=1S/C19H23ClN2O2/c1-5-7-12(3)17-16(19(23)24-4)15(6-2)21-18(22-17)13-8-10-14(20)11-9-13/h8-12H,5-7H2,1-4H3. The Labute approximate surface area is 148 Å². The van der Waals surface area contributed by atoms with Gasteiger partial charge in [0.05, 0.1) is 18.5 Å². The number of halogens is 1. The smallest absolute Gasteiger partial charge is 0.341 e. The zero-order chi connectivity index (χ0) is 17.7. The van der Waals surface area contributed by atoms with Crippen LogP contribution < -0.4 is 0 Å². The summed E-state index contributed by atoms with van der Waals surface area (Å²) < 4.78 is 4.97. The molecule has 4 nitrogen and oxygen atoms in total. The molecule has 24 heavy (non-hydrogen) atoms.